The van der Waals surface area contributed by atoms with Gasteiger partial charge in [-0.15, -0.1) is 0 Å². The molecule has 0 aromatic heterocycles. The van der Waals surface area contributed by atoms with Gasteiger partial charge in [-0.2, -0.15) is 0 Å². The molecular formula is C17H23NO6. The molecule has 7 nitrogen and oxygen atoms in total. The minimum absolute atomic E-state index is 0.207. The van der Waals surface area contributed by atoms with Crippen LogP contribution in [0.15, 0.2) is 36.4 Å². The van der Waals surface area contributed by atoms with E-state index >= 15 is 0 Å². The van der Waals surface area contributed by atoms with E-state index in [1.807, 2.05) is 0 Å². The molecule has 1 atom stereocenters. The van der Waals surface area contributed by atoms with E-state index in [0.29, 0.717) is 25.4 Å². The van der Waals surface area contributed by atoms with Crippen LogP contribution < -0.4 is 5.32 Å². The standard InChI is InChI=1S/C13H19NO2.C4H4O4/c1-11-3-2-4-12(7-11)9-15-10-13-8-14-5-6-16-13;5-3(6)1-2-4(7)8/h2-4,7,13-14H,5-6,8-10H2,1H3;1-2H,(H,5,6)(H,7,8). The lowest BCUT2D eigenvalue weighted by atomic mass is 10.1. The van der Waals surface area contributed by atoms with E-state index in [1.165, 1.54) is 11.1 Å². The second-order valence-electron chi connectivity index (χ2n) is 5.21. The van der Waals surface area contributed by atoms with Crippen molar-refractivity contribution in [1.29, 1.82) is 0 Å². The number of aryl methyl sites for hydroxylation is 1. The minimum Gasteiger partial charge on any atom is -0.478 e. The molecule has 1 aromatic carbocycles. The first-order valence-electron chi connectivity index (χ1n) is 7.57. The summed E-state index contributed by atoms with van der Waals surface area (Å²) in [5, 5.41) is 18.9. The highest BCUT2D eigenvalue weighted by Crippen LogP contribution is 2.06. The molecule has 0 radical (unpaired) electrons. The van der Waals surface area contributed by atoms with E-state index < -0.39 is 11.9 Å². The average Bonchev–Trinajstić information content (AvgIpc) is 2.55. The molecule has 0 bridgehead atoms. The van der Waals surface area contributed by atoms with E-state index in [-0.39, 0.29) is 6.10 Å². The summed E-state index contributed by atoms with van der Waals surface area (Å²) in [4.78, 5) is 19.1. The number of rotatable bonds is 6. The Bertz CT molecular complexity index is 536. The van der Waals surface area contributed by atoms with Crippen LogP contribution in [0.4, 0.5) is 0 Å². The highest BCUT2D eigenvalue weighted by Gasteiger charge is 2.12. The number of benzene rings is 1. The van der Waals surface area contributed by atoms with E-state index in [2.05, 4.69) is 36.5 Å². The zero-order valence-corrected chi connectivity index (χ0v) is 13.6. The fourth-order valence-electron chi connectivity index (χ4n) is 1.98. The van der Waals surface area contributed by atoms with Gasteiger partial charge in [0.15, 0.2) is 0 Å². The van der Waals surface area contributed by atoms with Gasteiger partial charge in [-0.05, 0) is 12.5 Å². The fraction of sp³-hybridized carbons (Fsp3) is 0.412. The molecule has 2 rings (SSSR count). The van der Waals surface area contributed by atoms with Crippen LogP contribution in [0.25, 0.3) is 0 Å². The van der Waals surface area contributed by atoms with Crippen LogP contribution in [0.3, 0.4) is 0 Å². The van der Waals surface area contributed by atoms with Gasteiger partial charge in [0.1, 0.15) is 0 Å². The number of carbonyl (C=O) groups is 2. The maximum atomic E-state index is 9.55. The summed E-state index contributed by atoms with van der Waals surface area (Å²) in [5.41, 5.74) is 2.50. The summed E-state index contributed by atoms with van der Waals surface area (Å²) >= 11 is 0. The predicted molar refractivity (Wildman–Crippen MR) is 87.9 cm³/mol. The van der Waals surface area contributed by atoms with Crippen molar-refractivity contribution >= 4 is 11.9 Å². The zero-order valence-electron chi connectivity index (χ0n) is 13.6. The van der Waals surface area contributed by atoms with Crippen LogP contribution in [0.5, 0.6) is 0 Å². The van der Waals surface area contributed by atoms with Gasteiger partial charge in [0.2, 0.25) is 0 Å². The van der Waals surface area contributed by atoms with Crippen LogP contribution in [0, 0.1) is 6.92 Å². The van der Waals surface area contributed by atoms with E-state index in [4.69, 9.17) is 19.7 Å². The molecule has 132 valence electrons. The van der Waals surface area contributed by atoms with Gasteiger partial charge >= 0.3 is 11.9 Å². The highest BCUT2D eigenvalue weighted by molar-refractivity contribution is 5.89. The molecular weight excluding hydrogens is 314 g/mol. The van der Waals surface area contributed by atoms with Crippen LogP contribution in [0.2, 0.25) is 0 Å². The van der Waals surface area contributed by atoms with Gasteiger partial charge in [-0.25, -0.2) is 9.59 Å². The maximum absolute atomic E-state index is 9.55. The molecule has 3 N–H and O–H groups in total. The van der Waals surface area contributed by atoms with Gasteiger partial charge in [0, 0.05) is 25.2 Å². The normalized spacial score (nSPS) is 17.1. The molecule has 1 aliphatic heterocycles. The molecule has 1 fully saturated rings. The van der Waals surface area contributed by atoms with E-state index in [9.17, 15) is 9.59 Å². The van der Waals surface area contributed by atoms with Crippen molar-refractivity contribution in [1.82, 2.24) is 5.32 Å². The topological polar surface area (TPSA) is 105 Å². The number of carboxylic acids is 2. The smallest absolute Gasteiger partial charge is 0.328 e. The van der Waals surface area contributed by atoms with Crippen LogP contribution in [-0.2, 0) is 25.7 Å². The third kappa shape index (κ3) is 9.73. The fourth-order valence-corrected chi connectivity index (χ4v) is 1.98. The molecule has 1 saturated heterocycles. The summed E-state index contributed by atoms with van der Waals surface area (Å²) in [6.45, 7) is 6.07. The second-order valence-corrected chi connectivity index (χ2v) is 5.21. The lowest BCUT2D eigenvalue weighted by molar-refractivity contribution is -0.134. The van der Waals surface area contributed by atoms with Crippen LogP contribution >= 0.6 is 0 Å². The Balaban J connectivity index is 0.000000307. The van der Waals surface area contributed by atoms with Crippen molar-refractivity contribution < 1.29 is 29.3 Å². The summed E-state index contributed by atoms with van der Waals surface area (Å²) in [6.07, 6.45) is 1.32. The molecule has 0 spiro atoms. The molecule has 1 aliphatic rings. The minimum atomic E-state index is -1.26. The van der Waals surface area contributed by atoms with Crippen molar-refractivity contribution in [2.45, 2.75) is 19.6 Å². The summed E-state index contributed by atoms with van der Waals surface area (Å²) < 4.78 is 11.2. The van der Waals surface area contributed by atoms with Crippen LogP contribution in [0.1, 0.15) is 11.1 Å². The van der Waals surface area contributed by atoms with Gasteiger partial charge < -0.3 is 25.0 Å². The monoisotopic (exact) mass is 337 g/mol. The molecule has 1 aromatic rings. The largest absolute Gasteiger partial charge is 0.478 e. The van der Waals surface area contributed by atoms with Crippen molar-refractivity contribution in [2.24, 2.45) is 0 Å². The van der Waals surface area contributed by atoms with Crippen molar-refractivity contribution in [3.8, 4) is 0 Å². The summed E-state index contributed by atoms with van der Waals surface area (Å²) in [6, 6.07) is 8.40. The van der Waals surface area contributed by atoms with Crippen molar-refractivity contribution in [3.63, 3.8) is 0 Å². The molecule has 0 saturated carbocycles. The number of carboxylic acid groups (broad SMARTS) is 2. The number of morpholine rings is 1. The number of aliphatic carboxylic acids is 2. The Morgan fingerprint density at radius 3 is 2.58 bits per heavy atom. The Labute approximate surface area is 140 Å². The Morgan fingerprint density at radius 1 is 1.33 bits per heavy atom. The van der Waals surface area contributed by atoms with Gasteiger partial charge in [0.25, 0.3) is 0 Å². The summed E-state index contributed by atoms with van der Waals surface area (Å²) in [7, 11) is 0. The zero-order chi connectivity index (χ0) is 17.8. The van der Waals surface area contributed by atoms with Crippen molar-refractivity contribution in [2.75, 3.05) is 26.3 Å². The third-order valence-electron chi connectivity index (χ3n) is 3.03. The summed E-state index contributed by atoms with van der Waals surface area (Å²) in [5.74, 6) is -2.51. The van der Waals surface area contributed by atoms with E-state index in [0.717, 1.165) is 19.7 Å². The quantitative estimate of drug-likeness (QED) is 0.670. The number of nitrogens with one attached hydrogen (secondary N) is 1. The maximum Gasteiger partial charge on any atom is 0.328 e. The Hall–Kier alpha value is -2.22. The van der Waals surface area contributed by atoms with Gasteiger partial charge in [-0.1, -0.05) is 29.8 Å². The third-order valence-corrected chi connectivity index (χ3v) is 3.03. The molecule has 0 aliphatic carbocycles. The average molecular weight is 337 g/mol. The van der Waals surface area contributed by atoms with Gasteiger partial charge in [-0.3, -0.25) is 0 Å². The molecule has 0 amide bonds. The van der Waals surface area contributed by atoms with Gasteiger partial charge in [0.05, 0.1) is 25.9 Å². The highest BCUT2D eigenvalue weighted by atomic mass is 16.5. The first kappa shape index (κ1) is 19.8. The molecule has 7 heteroatoms. The molecule has 24 heavy (non-hydrogen) atoms. The SMILES string of the molecule is Cc1cccc(COCC2CNCCO2)c1.O=C(O)C=CC(=O)O. The predicted octanol–water partition coefficient (Wildman–Crippen LogP) is 1.21. The lowest BCUT2D eigenvalue weighted by Gasteiger charge is -2.23. The Morgan fingerprint density at radius 2 is 2.04 bits per heavy atom. The first-order valence-corrected chi connectivity index (χ1v) is 7.57. The van der Waals surface area contributed by atoms with Crippen LogP contribution in [-0.4, -0.2) is 54.6 Å². The number of hydrogen-bond donors (Lipinski definition) is 3. The number of ether oxygens (including phenoxy) is 2. The Kier molecular flexibility index (Phi) is 9.36. The van der Waals surface area contributed by atoms with Crippen molar-refractivity contribution in [3.05, 3.63) is 47.5 Å². The lowest BCUT2D eigenvalue weighted by Crippen LogP contribution is -2.40. The molecule has 1 unspecified atom stereocenters. The number of hydrogen-bond acceptors (Lipinski definition) is 5. The van der Waals surface area contributed by atoms with E-state index in [1.54, 1.807) is 0 Å². The second kappa shape index (κ2) is 11.3. The first-order chi connectivity index (χ1) is 11.5. The molecule has 1 heterocycles.